The van der Waals surface area contributed by atoms with Gasteiger partial charge in [0.05, 0.1) is 22.3 Å². The van der Waals surface area contributed by atoms with Gasteiger partial charge in [0.2, 0.25) is 0 Å². The van der Waals surface area contributed by atoms with Gasteiger partial charge in [0, 0.05) is 30.0 Å². The molecule has 0 atom stereocenters. The van der Waals surface area contributed by atoms with Crippen LogP contribution < -0.4 is 15.4 Å². The lowest BCUT2D eigenvalue weighted by atomic mass is 10.2. The number of sulfonamides is 1. The minimum absolute atomic E-state index is 0.0773. The average Bonchev–Trinajstić information content (AvgIpc) is 3.21. The van der Waals surface area contributed by atoms with Gasteiger partial charge in [0.15, 0.2) is 0 Å². The van der Waals surface area contributed by atoms with E-state index < -0.39 is 16.1 Å². The highest BCUT2D eigenvalue weighted by Crippen LogP contribution is 2.21. The number of aromatic amines is 1. The van der Waals surface area contributed by atoms with Crippen LogP contribution in [0.3, 0.4) is 0 Å². The molecule has 4 rings (SSSR count). The lowest BCUT2D eigenvalue weighted by Gasteiger charge is -2.10. The van der Waals surface area contributed by atoms with Gasteiger partial charge in [-0.2, -0.15) is 5.10 Å². The molecule has 152 valence electrons. The molecule has 2 aromatic heterocycles. The van der Waals surface area contributed by atoms with Crippen molar-refractivity contribution in [2.45, 2.75) is 11.4 Å². The molecule has 0 unspecified atom stereocenters. The van der Waals surface area contributed by atoms with Gasteiger partial charge < -0.3 is 10.6 Å². The van der Waals surface area contributed by atoms with Gasteiger partial charge in [-0.05, 0) is 54.1 Å². The summed E-state index contributed by atoms with van der Waals surface area (Å²) in [5.41, 5.74) is 2.49. The Morgan fingerprint density at radius 1 is 1.00 bits per heavy atom. The van der Waals surface area contributed by atoms with Crippen molar-refractivity contribution in [1.82, 2.24) is 20.5 Å². The molecule has 4 N–H and O–H groups in total. The lowest BCUT2D eigenvalue weighted by molar-refractivity contribution is 0.251. The third kappa shape index (κ3) is 4.55. The van der Waals surface area contributed by atoms with Crippen molar-refractivity contribution in [2.24, 2.45) is 0 Å². The van der Waals surface area contributed by atoms with Crippen LogP contribution in [-0.2, 0) is 16.6 Å². The zero-order chi connectivity index (χ0) is 21.0. The minimum atomic E-state index is -3.78. The Morgan fingerprint density at radius 2 is 1.80 bits per heavy atom. The second-order valence-electron chi connectivity index (χ2n) is 6.47. The second kappa shape index (κ2) is 8.21. The maximum Gasteiger partial charge on any atom is 0.319 e. The molecule has 0 aliphatic rings. The molecule has 9 nitrogen and oxygen atoms in total. The van der Waals surface area contributed by atoms with E-state index in [9.17, 15) is 13.2 Å². The summed E-state index contributed by atoms with van der Waals surface area (Å²) in [4.78, 5) is 16.1. The summed E-state index contributed by atoms with van der Waals surface area (Å²) in [6, 6.07) is 14.2. The first-order valence-corrected chi connectivity index (χ1v) is 10.5. The molecule has 4 aromatic rings. The van der Waals surface area contributed by atoms with Gasteiger partial charge in [0.1, 0.15) is 0 Å². The summed E-state index contributed by atoms with van der Waals surface area (Å²) in [6.45, 7) is 0.330. The molecule has 0 saturated heterocycles. The number of benzene rings is 2. The molecule has 0 aliphatic heterocycles. The van der Waals surface area contributed by atoms with E-state index in [1.54, 1.807) is 42.9 Å². The number of amides is 2. The fraction of sp³-hybridized carbons (Fsp3) is 0.0500. The molecule has 10 heteroatoms. The van der Waals surface area contributed by atoms with Crippen LogP contribution in [0.4, 0.5) is 16.2 Å². The first-order valence-electron chi connectivity index (χ1n) is 8.99. The summed E-state index contributed by atoms with van der Waals surface area (Å²) >= 11 is 0. The van der Waals surface area contributed by atoms with E-state index in [2.05, 4.69) is 30.5 Å². The van der Waals surface area contributed by atoms with Gasteiger partial charge in [-0.15, -0.1) is 0 Å². The number of nitrogens with one attached hydrogen (secondary N) is 4. The summed E-state index contributed by atoms with van der Waals surface area (Å²) in [7, 11) is -3.78. The number of carbonyl (C=O) groups excluding carboxylic acids is 1. The fourth-order valence-electron chi connectivity index (χ4n) is 2.79. The van der Waals surface area contributed by atoms with Crippen molar-refractivity contribution in [2.75, 3.05) is 10.0 Å². The second-order valence-corrected chi connectivity index (χ2v) is 8.15. The Kier molecular flexibility index (Phi) is 5.31. The largest absolute Gasteiger partial charge is 0.334 e. The normalized spacial score (nSPS) is 11.2. The third-order valence-electron chi connectivity index (χ3n) is 4.29. The van der Waals surface area contributed by atoms with Crippen LogP contribution in [0.5, 0.6) is 0 Å². The molecule has 0 fully saturated rings. The van der Waals surface area contributed by atoms with Crippen molar-refractivity contribution >= 4 is 38.3 Å². The van der Waals surface area contributed by atoms with Crippen LogP contribution in [0.15, 0.2) is 78.1 Å². The predicted molar refractivity (Wildman–Crippen MR) is 113 cm³/mol. The summed E-state index contributed by atoms with van der Waals surface area (Å²) in [5, 5.41) is 13.0. The van der Waals surface area contributed by atoms with E-state index in [0.29, 0.717) is 17.9 Å². The summed E-state index contributed by atoms with van der Waals surface area (Å²) < 4.78 is 27.8. The predicted octanol–water partition coefficient (Wildman–Crippen LogP) is 3.08. The highest BCUT2D eigenvalue weighted by Gasteiger charge is 2.15. The van der Waals surface area contributed by atoms with Gasteiger partial charge in [-0.25, -0.2) is 13.2 Å². The number of nitrogens with zero attached hydrogens (tertiary/aromatic N) is 2. The van der Waals surface area contributed by atoms with Crippen molar-refractivity contribution in [3.05, 3.63) is 78.8 Å². The number of H-pyrrole nitrogens is 1. The highest BCUT2D eigenvalue weighted by atomic mass is 32.2. The standard InChI is InChI=1S/C20H18N6O3S/c27-20(22-12-14-2-1-9-21-11-14)24-16-5-7-18(8-6-16)30(28,29)26-17-4-3-15-13-23-25-19(15)10-17/h1-11,13,26H,12H2,(H,23,25)(H2,22,24,27). The molecule has 2 heterocycles. The molecule has 0 aliphatic carbocycles. The Morgan fingerprint density at radius 3 is 2.57 bits per heavy atom. The molecule has 0 bridgehead atoms. The van der Waals surface area contributed by atoms with Crippen molar-refractivity contribution in [3.63, 3.8) is 0 Å². The topological polar surface area (TPSA) is 129 Å². The molecule has 2 amide bonds. The van der Waals surface area contributed by atoms with Crippen LogP contribution in [0.2, 0.25) is 0 Å². The van der Waals surface area contributed by atoms with E-state index >= 15 is 0 Å². The first-order chi connectivity index (χ1) is 14.5. The van der Waals surface area contributed by atoms with Crippen LogP contribution in [0, 0.1) is 0 Å². The first kappa shape index (κ1) is 19.4. The van der Waals surface area contributed by atoms with E-state index in [-0.39, 0.29) is 4.90 Å². The maximum atomic E-state index is 12.6. The molecule has 0 radical (unpaired) electrons. The number of hydrogen-bond donors (Lipinski definition) is 4. The highest BCUT2D eigenvalue weighted by molar-refractivity contribution is 7.92. The zero-order valence-corrected chi connectivity index (χ0v) is 16.5. The number of pyridine rings is 1. The number of aromatic nitrogens is 3. The molecule has 0 spiro atoms. The molecular weight excluding hydrogens is 404 g/mol. The maximum absolute atomic E-state index is 12.6. The quantitative estimate of drug-likeness (QED) is 0.379. The number of rotatable bonds is 6. The van der Waals surface area contributed by atoms with Gasteiger partial charge in [-0.3, -0.25) is 14.8 Å². The summed E-state index contributed by atoms with van der Waals surface area (Å²) in [6.07, 6.45) is 4.98. The van der Waals surface area contributed by atoms with Gasteiger partial charge in [-0.1, -0.05) is 6.07 Å². The SMILES string of the molecule is O=C(NCc1cccnc1)Nc1ccc(S(=O)(=O)Nc2ccc3cn[nH]c3c2)cc1. The van der Waals surface area contributed by atoms with Gasteiger partial charge in [0.25, 0.3) is 10.0 Å². The molecule has 2 aromatic carbocycles. The van der Waals surface area contributed by atoms with Crippen molar-refractivity contribution < 1.29 is 13.2 Å². The van der Waals surface area contributed by atoms with Crippen LogP contribution in [-0.4, -0.2) is 29.6 Å². The number of hydrogen-bond acceptors (Lipinski definition) is 5. The monoisotopic (exact) mass is 422 g/mol. The molecular formula is C20H18N6O3S. The average molecular weight is 422 g/mol. The Bertz CT molecular complexity index is 1270. The van der Waals surface area contributed by atoms with Gasteiger partial charge >= 0.3 is 6.03 Å². The Labute approximate surface area is 172 Å². The van der Waals surface area contributed by atoms with E-state index in [1.807, 2.05) is 6.07 Å². The Hall–Kier alpha value is -3.92. The Balaban J connectivity index is 1.38. The molecule has 0 saturated carbocycles. The molecule has 30 heavy (non-hydrogen) atoms. The third-order valence-corrected chi connectivity index (χ3v) is 5.69. The van der Waals surface area contributed by atoms with Crippen molar-refractivity contribution in [3.8, 4) is 0 Å². The lowest BCUT2D eigenvalue weighted by Crippen LogP contribution is -2.28. The minimum Gasteiger partial charge on any atom is -0.334 e. The van der Waals surface area contributed by atoms with E-state index in [1.165, 1.54) is 24.3 Å². The zero-order valence-electron chi connectivity index (χ0n) is 15.7. The van der Waals surface area contributed by atoms with Crippen LogP contribution in [0.1, 0.15) is 5.56 Å². The van der Waals surface area contributed by atoms with Crippen LogP contribution in [0.25, 0.3) is 10.9 Å². The van der Waals surface area contributed by atoms with Crippen molar-refractivity contribution in [1.29, 1.82) is 0 Å². The number of fused-ring (bicyclic) bond motifs is 1. The fourth-order valence-corrected chi connectivity index (χ4v) is 3.84. The smallest absolute Gasteiger partial charge is 0.319 e. The van der Waals surface area contributed by atoms with E-state index in [4.69, 9.17) is 0 Å². The van der Waals surface area contributed by atoms with Crippen LogP contribution >= 0.6 is 0 Å². The van der Waals surface area contributed by atoms with E-state index in [0.717, 1.165) is 16.5 Å². The number of carbonyl (C=O) groups is 1. The number of anilines is 2. The number of urea groups is 1. The summed E-state index contributed by atoms with van der Waals surface area (Å²) in [5.74, 6) is 0.